The molecule has 0 aliphatic heterocycles. The molecule has 0 saturated heterocycles. The summed E-state index contributed by atoms with van der Waals surface area (Å²) in [7, 11) is 2.24. The van der Waals surface area contributed by atoms with Crippen LogP contribution in [-0.2, 0) is 13.1 Å². The summed E-state index contributed by atoms with van der Waals surface area (Å²) >= 11 is 0. The highest BCUT2D eigenvalue weighted by Gasteiger charge is 2.25. The fourth-order valence-corrected chi connectivity index (χ4v) is 3.31. The van der Waals surface area contributed by atoms with E-state index >= 15 is 0 Å². The third kappa shape index (κ3) is 4.35. The van der Waals surface area contributed by atoms with Gasteiger partial charge < -0.3 is 9.73 Å². The van der Waals surface area contributed by atoms with Gasteiger partial charge in [-0.15, -0.1) is 0 Å². The molecule has 1 heterocycles. The minimum absolute atomic E-state index is 0.718. The van der Waals surface area contributed by atoms with E-state index in [4.69, 9.17) is 4.42 Å². The Labute approximate surface area is 123 Å². The Balaban J connectivity index is 1.82. The molecule has 1 saturated carbocycles. The standard InChI is InChI=1S/C17H30N2O/c1-4-11-18-12-15-9-10-16(20-15)13-19(3)17-8-6-5-7-14(17)2/h9-10,14,17-18H,4-8,11-13H2,1-3H3. The monoisotopic (exact) mass is 278 g/mol. The van der Waals surface area contributed by atoms with E-state index < -0.39 is 0 Å². The Hall–Kier alpha value is -0.800. The van der Waals surface area contributed by atoms with Gasteiger partial charge in [-0.25, -0.2) is 0 Å². The number of rotatable bonds is 7. The van der Waals surface area contributed by atoms with Crippen LogP contribution in [0.2, 0.25) is 0 Å². The lowest BCUT2D eigenvalue weighted by Crippen LogP contribution is -2.38. The molecule has 2 atom stereocenters. The van der Waals surface area contributed by atoms with Crippen LogP contribution in [0, 0.1) is 5.92 Å². The maximum atomic E-state index is 5.92. The molecule has 114 valence electrons. The van der Waals surface area contributed by atoms with Crippen LogP contribution in [0.5, 0.6) is 0 Å². The molecule has 0 radical (unpaired) electrons. The van der Waals surface area contributed by atoms with Crippen molar-refractivity contribution in [3.05, 3.63) is 23.7 Å². The maximum absolute atomic E-state index is 5.92. The molecular formula is C17H30N2O. The largest absolute Gasteiger partial charge is 0.463 e. The molecule has 1 fully saturated rings. The van der Waals surface area contributed by atoms with Gasteiger partial charge in [-0.05, 0) is 50.9 Å². The lowest BCUT2D eigenvalue weighted by Gasteiger charge is -2.35. The molecule has 0 spiro atoms. The molecule has 1 aromatic heterocycles. The van der Waals surface area contributed by atoms with Crippen LogP contribution >= 0.6 is 0 Å². The first-order chi connectivity index (χ1) is 9.70. The molecule has 0 amide bonds. The predicted octanol–water partition coefficient (Wildman–Crippen LogP) is 3.79. The molecule has 2 unspecified atom stereocenters. The van der Waals surface area contributed by atoms with Gasteiger partial charge in [0.1, 0.15) is 11.5 Å². The van der Waals surface area contributed by atoms with Gasteiger partial charge in [-0.2, -0.15) is 0 Å². The van der Waals surface area contributed by atoms with Gasteiger partial charge in [-0.1, -0.05) is 26.7 Å². The van der Waals surface area contributed by atoms with Gasteiger partial charge in [0.25, 0.3) is 0 Å². The van der Waals surface area contributed by atoms with Crippen molar-refractivity contribution in [2.75, 3.05) is 13.6 Å². The fourth-order valence-electron chi connectivity index (χ4n) is 3.31. The van der Waals surface area contributed by atoms with E-state index in [0.29, 0.717) is 0 Å². The molecule has 1 aromatic rings. The second kappa shape index (κ2) is 7.84. The Bertz CT molecular complexity index is 388. The van der Waals surface area contributed by atoms with Crippen LogP contribution < -0.4 is 5.32 Å². The van der Waals surface area contributed by atoms with Gasteiger partial charge >= 0.3 is 0 Å². The summed E-state index contributed by atoms with van der Waals surface area (Å²) in [4.78, 5) is 2.48. The van der Waals surface area contributed by atoms with Crippen LogP contribution in [0.3, 0.4) is 0 Å². The second-order valence-electron chi connectivity index (χ2n) is 6.29. The van der Waals surface area contributed by atoms with E-state index in [2.05, 4.69) is 43.2 Å². The smallest absolute Gasteiger partial charge is 0.118 e. The molecule has 20 heavy (non-hydrogen) atoms. The van der Waals surface area contributed by atoms with Gasteiger partial charge in [0, 0.05) is 6.04 Å². The average molecular weight is 278 g/mol. The average Bonchev–Trinajstić information content (AvgIpc) is 2.87. The summed E-state index contributed by atoms with van der Waals surface area (Å²) in [6, 6.07) is 4.96. The van der Waals surface area contributed by atoms with Crippen molar-refractivity contribution in [3.63, 3.8) is 0 Å². The first-order valence-corrected chi connectivity index (χ1v) is 8.19. The number of hydrogen-bond acceptors (Lipinski definition) is 3. The topological polar surface area (TPSA) is 28.4 Å². The van der Waals surface area contributed by atoms with Gasteiger partial charge in [-0.3, -0.25) is 4.90 Å². The van der Waals surface area contributed by atoms with E-state index in [1.54, 1.807) is 0 Å². The van der Waals surface area contributed by atoms with Gasteiger partial charge in [0.15, 0.2) is 0 Å². The van der Waals surface area contributed by atoms with E-state index in [1.807, 2.05) is 0 Å². The minimum Gasteiger partial charge on any atom is -0.463 e. The van der Waals surface area contributed by atoms with Crippen molar-refractivity contribution in [1.82, 2.24) is 10.2 Å². The number of furan rings is 1. The first kappa shape index (κ1) is 15.6. The first-order valence-electron chi connectivity index (χ1n) is 8.19. The molecule has 3 heteroatoms. The zero-order valence-corrected chi connectivity index (χ0v) is 13.3. The summed E-state index contributed by atoms with van der Waals surface area (Å²) in [5, 5.41) is 3.38. The molecule has 1 aliphatic carbocycles. The molecule has 2 rings (SSSR count). The van der Waals surface area contributed by atoms with Crippen molar-refractivity contribution in [2.45, 2.75) is 65.1 Å². The Kier molecular flexibility index (Phi) is 6.11. The van der Waals surface area contributed by atoms with Crippen molar-refractivity contribution in [3.8, 4) is 0 Å². The summed E-state index contributed by atoms with van der Waals surface area (Å²) in [5.41, 5.74) is 0. The molecular weight excluding hydrogens is 248 g/mol. The molecule has 0 aromatic carbocycles. The highest BCUT2D eigenvalue weighted by molar-refractivity contribution is 5.07. The third-order valence-corrected chi connectivity index (χ3v) is 4.48. The SMILES string of the molecule is CCCNCc1ccc(CN(C)C2CCCCC2C)o1. The lowest BCUT2D eigenvalue weighted by atomic mass is 9.85. The van der Waals surface area contributed by atoms with Crippen LogP contribution in [0.25, 0.3) is 0 Å². The second-order valence-corrected chi connectivity index (χ2v) is 6.29. The van der Waals surface area contributed by atoms with Crippen molar-refractivity contribution in [2.24, 2.45) is 5.92 Å². The third-order valence-electron chi connectivity index (χ3n) is 4.48. The highest BCUT2D eigenvalue weighted by Crippen LogP contribution is 2.28. The van der Waals surface area contributed by atoms with Gasteiger partial charge in [0.2, 0.25) is 0 Å². The van der Waals surface area contributed by atoms with E-state index in [1.165, 1.54) is 25.7 Å². The summed E-state index contributed by atoms with van der Waals surface area (Å²) in [6.07, 6.45) is 6.65. The van der Waals surface area contributed by atoms with Crippen molar-refractivity contribution in [1.29, 1.82) is 0 Å². The summed E-state index contributed by atoms with van der Waals surface area (Å²) < 4.78 is 5.92. The predicted molar refractivity (Wildman–Crippen MR) is 83.6 cm³/mol. The lowest BCUT2D eigenvalue weighted by molar-refractivity contribution is 0.125. The Morgan fingerprint density at radius 2 is 2.00 bits per heavy atom. The van der Waals surface area contributed by atoms with E-state index in [0.717, 1.165) is 49.5 Å². The summed E-state index contributed by atoms with van der Waals surface area (Å²) in [6.45, 7) is 7.40. The maximum Gasteiger partial charge on any atom is 0.118 e. The minimum atomic E-state index is 0.718. The molecule has 1 N–H and O–H groups in total. The number of nitrogens with zero attached hydrogens (tertiary/aromatic N) is 1. The van der Waals surface area contributed by atoms with Crippen LogP contribution in [-0.4, -0.2) is 24.5 Å². The van der Waals surface area contributed by atoms with E-state index in [-0.39, 0.29) is 0 Å². The molecule has 0 bridgehead atoms. The normalized spacial score (nSPS) is 23.4. The highest BCUT2D eigenvalue weighted by atomic mass is 16.3. The van der Waals surface area contributed by atoms with Crippen LogP contribution in [0.4, 0.5) is 0 Å². The van der Waals surface area contributed by atoms with Crippen LogP contribution in [0.1, 0.15) is 57.5 Å². The van der Waals surface area contributed by atoms with Crippen molar-refractivity contribution >= 4 is 0 Å². The molecule has 1 aliphatic rings. The Morgan fingerprint density at radius 1 is 1.25 bits per heavy atom. The number of hydrogen-bond donors (Lipinski definition) is 1. The Morgan fingerprint density at radius 3 is 2.75 bits per heavy atom. The quantitative estimate of drug-likeness (QED) is 0.769. The van der Waals surface area contributed by atoms with Crippen LogP contribution in [0.15, 0.2) is 16.5 Å². The molecule has 3 nitrogen and oxygen atoms in total. The number of nitrogens with one attached hydrogen (secondary N) is 1. The van der Waals surface area contributed by atoms with E-state index in [9.17, 15) is 0 Å². The van der Waals surface area contributed by atoms with Gasteiger partial charge in [0.05, 0.1) is 13.1 Å². The fraction of sp³-hybridized carbons (Fsp3) is 0.765. The zero-order chi connectivity index (χ0) is 14.4. The van der Waals surface area contributed by atoms with Crippen molar-refractivity contribution < 1.29 is 4.42 Å². The zero-order valence-electron chi connectivity index (χ0n) is 13.3. The summed E-state index contributed by atoms with van der Waals surface area (Å²) in [5.74, 6) is 2.96.